The predicted octanol–water partition coefficient (Wildman–Crippen LogP) is 3.67. The molecular formula is C8H14F6O. The van der Waals surface area contributed by atoms with Crippen LogP contribution in [0.25, 0.3) is 0 Å². The van der Waals surface area contributed by atoms with E-state index < -0.39 is 18.5 Å². The second-order valence-electron chi connectivity index (χ2n) is 2.84. The van der Waals surface area contributed by atoms with Crippen molar-refractivity contribution in [2.45, 2.75) is 51.6 Å². The van der Waals surface area contributed by atoms with Crippen LogP contribution < -0.4 is 0 Å². The normalized spacial score (nSPS) is 12.4. The van der Waals surface area contributed by atoms with Gasteiger partial charge in [-0.3, -0.25) is 0 Å². The Morgan fingerprint density at radius 1 is 0.867 bits per heavy atom. The number of hydrogen-bond donors (Lipinski definition) is 1. The first kappa shape index (κ1) is 17.0. The van der Waals surface area contributed by atoms with Gasteiger partial charge < -0.3 is 5.11 Å². The summed E-state index contributed by atoms with van der Waals surface area (Å²) >= 11 is 0. The molecule has 0 unspecified atom stereocenters. The lowest BCUT2D eigenvalue weighted by Gasteiger charge is -2.16. The first-order chi connectivity index (χ1) is 6.57. The predicted molar refractivity (Wildman–Crippen MR) is 43.3 cm³/mol. The van der Waals surface area contributed by atoms with Gasteiger partial charge in [0.05, 0.1) is 0 Å². The van der Waals surface area contributed by atoms with Crippen molar-refractivity contribution in [1.82, 2.24) is 0 Å². The van der Waals surface area contributed by atoms with Gasteiger partial charge in [0.25, 0.3) is 0 Å². The summed E-state index contributed by atoms with van der Waals surface area (Å²) in [7, 11) is 0. The Morgan fingerprint density at radius 3 is 1.13 bits per heavy atom. The minimum Gasteiger partial charge on any atom is -0.377 e. The zero-order valence-corrected chi connectivity index (χ0v) is 8.41. The van der Waals surface area contributed by atoms with Crippen molar-refractivity contribution in [3.05, 3.63) is 0 Å². The fourth-order valence-corrected chi connectivity index (χ4v) is 0.539. The first-order valence-corrected chi connectivity index (χ1v) is 4.38. The smallest absolute Gasteiger partial charge is 0.377 e. The van der Waals surface area contributed by atoms with Crippen LogP contribution in [0.2, 0.25) is 0 Å². The monoisotopic (exact) mass is 240 g/mol. The summed E-state index contributed by atoms with van der Waals surface area (Å²) in [6.45, 7) is 4.42. The minimum absolute atomic E-state index is 1.34. The van der Waals surface area contributed by atoms with Crippen molar-refractivity contribution in [1.29, 1.82) is 0 Å². The van der Waals surface area contributed by atoms with E-state index >= 15 is 0 Å². The fraction of sp³-hybridized carbons (Fsp3) is 1.00. The van der Waals surface area contributed by atoms with E-state index in [1.165, 1.54) is 19.3 Å². The third-order valence-electron chi connectivity index (χ3n) is 1.33. The SMILES string of the molecule is CCCCC.OC(C(F)(F)F)C(F)(F)F. The van der Waals surface area contributed by atoms with Gasteiger partial charge in [-0.15, -0.1) is 0 Å². The molecule has 0 heterocycles. The van der Waals surface area contributed by atoms with Gasteiger partial charge in [-0.2, -0.15) is 26.3 Å². The van der Waals surface area contributed by atoms with Crippen LogP contribution in [0.5, 0.6) is 0 Å². The highest BCUT2D eigenvalue weighted by atomic mass is 19.4. The zero-order valence-electron chi connectivity index (χ0n) is 8.41. The van der Waals surface area contributed by atoms with Crippen LogP contribution in [-0.4, -0.2) is 23.6 Å². The fourth-order valence-electron chi connectivity index (χ4n) is 0.539. The molecule has 0 aromatic rings. The summed E-state index contributed by atoms with van der Waals surface area (Å²) in [5.74, 6) is 0. The third kappa shape index (κ3) is 9.84. The van der Waals surface area contributed by atoms with Gasteiger partial charge >= 0.3 is 12.4 Å². The maximum Gasteiger partial charge on any atom is 0.423 e. The lowest BCUT2D eigenvalue weighted by molar-refractivity contribution is -0.308. The third-order valence-corrected chi connectivity index (χ3v) is 1.33. The number of aliphatic hydroxyl groups excluding tert-OH is 1. The van der Waals surface area contributed by atoms with Gasteiger partial charge in [-0.05, 0) is 0 Å². The van der Waals surface area contributed by atoms with Crippen LogP contribution in [0.3, 0.4) is 0 Å². The average Bonchev–Trinajstić information content (AvgIpc) is 2.02. The van der Waals surface area contributed by atoms with Crippen LogP contribution in [0, 0.1) is 0 Å². The topological polar surface area (TPSA) is 20.2 Å². The molecule has 0 aliphatic carbocycles. The summed E-state index contributed by atoms with van der Waals surface area (Å²) in [4.78, 5) is 0. The zero-order chi connectivity index (χ0) is 12.7. The average molecular weight is 240 g/mol. The maximum absolute atomic E-state index is 11.0. The van der Waals surface area contributed by atoms with E-state index in [0.29, 0.717) is 0 Å². The number of rotatable bonds is 2. The van der Waals surface area contributed by atoms with Crippen LogP contribution >= 0.6 is 0 Å². The maximum atomic E-state index is 11.0. The highest BCUT2D eigenvalue weighted by molar-refractivity contribution is 4.72. The molecule has 0 saturated heterocycles. The number of halogens is 6. The van der Waals surface area contributed by atoms with Crippen molar-refractivity contribution in [3.63, 3.8) is 0 Å². The molecule has 94 valence electrons. The Labute approximate surface area is 84.1 Å². The molecule has 0 saturated carbocycles. The molecule has 15 heavy (non-hydrogen) atoms. The van der Waals surface area contributed by atoms with Gasteiger partial charge in [-0.1, -0.05) is 33.1 Å². The molecule has 0 rings (SSSR count). The Bertz CT molecular complexity index is 134. The molecule has 0 bridgehead atoms. The van der Waals surface area contributed by atoms with E-state index in [1.54, 1.807) is 0 Å². The largest absolute Gasteiger partial charge is 0.423 e. The Hall–Kier alpha value is -0.460. The molecule has 0 fully saturated rings. The summed E-state index contributed by atoms with van der Waals surface area (Å²) in [5.41, 5.74) is 0. The van der Waals surface area contributed by atoms with Crippen LogP contribution in [0.4, 0.5) is 26.3 Å². The molecular weight excluding hydrogens is 226 g/mol. The molecule has 0 aliphatic rings. The van der Waals surface area contributed by atoms with E-state index in [1.807, 2.05) is 0 Å². The van der Waals surface area contributed by atoms with Crippen molar-refractivity contribution in [3.8, 4) is 0 Å². The number of aliphatic hydroxyl groups is 1. The summed E-state index contributed by atoms with van der Waals surface area (Å²) < 4.78 is 65.9. The quantitative estimate of drug-likeness (QED) is 0.730. The van der Waals surface area contributed by atoms with Gasteiger partial charge in [-0.25, -0.2) is 0 Å². The van der Waals surface area contributed by atoms with E-state index in [4.69, 9.17) is 5.11 Å². The van der Waals surface area contributed by atoms with Gasteiger partial charge in [0, 0.05) is 0 Å². The van der Waals surface area contributed by atoms with E-state index in [-0.39, 0.29) is 0 Å². The first-order valence-electron chi connectivity index (χ1n) is 4.38. The summed E-state index contributed by atoms with van der Waals surface area (Å²) in [6.07, 6.45) is -11.4. The van der Waals surface area contributed by atoms with E-state index in [9.17, 15) is 26.3 Å². The van der Waals surface area contributed by atoms with E-state index in [0.717, 1.165) is 0 Å². The van der Waals surface area contributed by atoms with Crippen molar-refractivity contribution in [2.24, 2.45) is 0 Å². The van der Waals surface area contributed by atoms with Gasteiger partial charge in [0.15, 0.2) is 0 Å². The lowest BCUT2D eigenvalue weighted by Crippen LogP contribution is -2.41. The standard InChI is InChI=1S/C5H12.C3H2F6O/c1-3-5-4-2;4-2(5,6)1(10)3(7,8)9/h3-5H2,1-2H3;1,10H. The van der Waals surface area contributed by atoms with Gasteiger partial charge in [0.1, 0.15) is 0 Å². The molecule has 0 amide bonds. The van der Waals surface area contributed by atoms with Crippen molar-refractivity contribution >= 4 is 0 Å². The number of hydrogen-bond acceptors (Lipinski definition) is 1. The molecule has 0 spiro atoms. The molecule has 1 nitrogen and oxygen atoms in total. The second-order valence-corrected chi connectivity index (χ2v) is 2.84. The molecule has 7 heteroatoms. The van der Waals surface area contributed by atoms with Crippen molar-refractivity contribution in [2.75, 3.05) is 0 Å². The molecule has 0 aromatic carbocycles. The molecule has 0 radical (unpaired) electrons. The number of alkyl halides is 6. The number of unbranched alkanes of at least 4 members (excludes halogenated alkanes) is 2. The highest BCUT2D eigenvalue weighted by Gasteiger charge is 2.55. The second kappa shape index (κ2) is 6.92. The minimum atomic E-state index is -5.63. The summed E-state index contributed by atoms with van der Waals surface area (Å²) in [5, 5.41) is 7.47. The van der Waals surface area contributed by atoms with Crippen LogP contribution in [0.1, 0.15) is 33.1 Å². The van der Waals surface area contributed by atoms with E-state index in [2.05, 4.69) is 13.8 Å². The Balaban J connectivity index is 0. The Morgan fingerprint density at radius 2 is 1.13 bits per heavy atom. The molecule has 1 N–H and O–H groups in total. The van der Waals surface area contributed by atoms with Crippen LogP contribution in [-0.2, 0) is 0 Å². The van der Waals surface area contributed by atoms with Crippen LogP contribution in [0.15, 0.2) is 0 Å². The Kier molecular flexibility index (Phi) is 7.82. The molecule has 0 aliphatic heterocycles. The molecule has 0 aromatic heterocycles. The lowest BCUT2D eigenvalue weighted by atomic mass is 10.3. The summed E-state index contributed by atoms with van der Waals surface area (Å²) in [6, 6.07) is 0. The van der Waals surface area contributed by atoms with Gasteiger partial charge in [0.2, 0.25) is 6.10 Å². The molecule has 0 atom stereocenters. The highest BCUT2D eigenvalue weighted by Crippen LogP contribution is 2.32. The van der Waals surface area contributed by atoms with Crippen molar-refractivity contribution < 1.29 is 31.4 Å².